The third kappa shape index (κ3) is 4.94. The van der Waals surface area contributed by atoms with Gasteiger partial charge in [-0.05, 0) is 36.2 Å². The van der Waals surface area contributed by atoms with E-state index >= 15 is 0 Å². The number of thiophene rings is 1. The molecule has 2 N–H and O–H groups in total. The molecule has 1 aromatic carbocycles. The van der Waals surface area contributed by atoms with E-state index in [1.807, 2.05) is 18.2 Å². The van der Waals surface area contributed by atoms with Crippen molar-refractivity contribution in [2.75, 3.05) is 16.6 Å². The Hall–Kier alpha value is -2.09. The minimum absolute atomic E-state index is 0.169. The molecule has 3 rings (SSSR count). The van der Waals surface area contributed by atoms with E-state index in [1.165, 1.54) is 17.8 Å². The van der Waals surface area contributed by atoms with E-state index in [1.54, 1.807) is 18.2 Å². The summed E-state index contributed by atoms with van der Waals surface area (Å²) in [5, 5.41) is 3.21. The second-order valence-electron chi connectivity index (χ2n) is 5.26. The number of rotatable bonds is 7. The molecule has 0 saturated heterocycles. The fourth-order valence-electron chi connectivity index (χ4n) is 2.19. The third-order valence-corrected chi connectivity index (χ3v) is 6.50. The average Bonchev–Trinajstić information content (AvgIpc) is 3.05. The SMILES string of the molecule is O=S(=O)(Nc1ccc(NCCc2ccccc2)nc1)c1ccc(Cl)s1. The Bertz CT molecular complexity index is 926. The minimum Gasteiger partial charge on any atom is -0.370 e. The molecule has 2 heterocycles. The van der Waals surface area contributed by atoms with Crippen molar-refractivity contribution >= 4 is 44.5 Å². The zero-order valence-electron chi connectivity index (χ0n) is 13.1. The monoisotopic (exact) mass is 393 g/mol. The van der Waals surface area contributed by atoms with Gasteiger partial charge < -0.3 is 5.32 Å². The molecule has 0 aliphatic rings. The van der Waals surface area contributed by atoms with Crippen molar-refractivity contribution in [3.63, 3.8) is 0 Å². The van der Waals surface area contributed by atoms with Gasteiger partial charge in [0.25, 0.3) is 10.0 Å². The first-order chi connectivity index (χ1) is 12.0. The maximum atomic E-state index is 12.2. The number of anilines is 2. The van der Waals surface area contributed by atoms with Crippen LogP contribution in [0.2, 0.25) is 4.34 Å². The quantitative estimate of drug-likeness (QED) is 0.629. The first kappa shape index (κ1) is 17.7. The first-order valence-corrected chi connectivity index (χ1v) is 10.2. The highest BCUT2D eigenvalue weighted by Gasteiger charge is 2.16. The van der Waals surface area contributed by atoms with Crippen LogP contribution in [-0.4, -0.2) is 19.9 Å². The smallest absolute Gasteiger partial charge is 0.271 e. The predicted molar refractivity (Wildman–Crippen MR) is 103 cm³/mol. The molecule has 3 aromatic rings. The lowest BCUT2D eigenvalue weighted by atomic mass is 10.1. The molecule has 0 aliphatic heterocycles. The predicted octanol–water partition coefficient (Wildman–Crippen LogP) is 4.25. The van der Waals surface area contributed by atoms with Crippen LogP contribution in [0.5, 0.6) is 0 Å². The summed E-state index contributed by atoms with van der Waals surface area (Å²) >= 11 is 6.80. The Balaban J connectivity index is 1.57. The van der Waals surface area contributed by atoms with Crippen molar-refractivity contribution in [1.82, 2.24) is 4.98 Å². The van der Waals surface area contributed by atoms with Gasteiger partial charge in [-0.25, -0.2) is 13.4 Å². The molecule has 2 aromatic heterocycles. The maximum Gasteiger partial charge on any atom is 0.271 e. The van der Waals surface area contributed by atoms with E-state index in [0.717, 1.165) is 24.3 Å². The van der Waals surface area contributed by atoms with Gasteiger partial charge in [0.2, 0.25) is 0 Å². The zero-order chi connectivity index (χ0) is 17.7. The molecule has 0 amide bonds. The highest BCUT2D eigenvalue weighted by Crippen LogP contribution is 2.27. The van der Waals surface area contributed by atoms with Crippen LogP contribution in [0.4, 0.5) is 11.5 Å². The summed E-state index contributed by atoms with van der Waals surface area (Å²) in [7, 11) is -3.63. The van der Waals surface area contributed by atoms with E-state index in [9.17, 15) is 8.42 Å². The topological polar surface area (TPSA) is 71.1 Å². The number of nitrogens with one attached hydrogen (secondary N) is 2. The summed E-state index contributed by atoms with van der Waals surface area (Å²) in [6, 6.07) is 16.6. The molecule has 5 nitrogen and oxygen atoms in total. The van der Waals surface area contributed by atoms with Gasteiger partial charge in [-0.1, -0.05) is 41.9 Å². The summed E-state index contributed by atoms with van der Waals surface area (Å²) in [6.45, 7) is 0.746. The minimum atomic E-state index is -3.63. The number of halogens is 1. The Kier molecular flexibility index (Phi) is 5.57. The summed E-state index contributed by atoms with van der Waals surface area (Å²) in [5.74, 6) is 0.693. The lowest BCUT2D eigenvalue weighted by Gasteiger charge is -2.08. The number of aromatic nitrogens is 1. The fourth-order valence-corrected chi connectivity index (χ4v) is 4.71. The van der Waals surface area contributed by atoms with E-state index in [4.69, 9.17) is 11.6 Å². The Morgan fingerprint density at radius 3 is 2.48 bits per heavy atom. The number of nitrogens with zero attached hydrogens (tertiary/aromatic N) is 1. The molecule has 0 unspecified atom stereocenters. The summed E-state index contributed by atoms with van der Waals surface area (Å²) in [6.07, 6.45) is 2.37. The van der Waals surface area contributed by atoms with Crippen molar-refractivity contribution in [3.05, 3.63) is 70.7 Å². The highest BCUT2D eigenvalue weighted by molar-refractivity contribution is 7.94. The Morgan fingerprint density at radius 1 is 1.04 bits per heavy atom. The van der Waals surface area contributed by atoms with Gasteiger partial charge in [0.15, 0.2) is 0 Å². The molecule has 0 spiro atoms. The largest absolute Gasteiger partial charge is 0.370 e. The highest BCUT2D eigenvalue weighted by atomic mass is 35.5. The van der Waals surface area contributed by atoms with E-state index in [0.29, 0.717) is 15.8 Å². The fraction of sp³-hybridized carbons (Fsp3) is 0.118. The van der Waals surface area contributed by atoms with E-state index in [2.05, 4.69) is 27.2 Å². The second kappa shape index (κ2) is 7.86. The van der Waals surface area contributed by atoms with Gasteiger partial charge in [-0.3, -0.25) is 4.72 Å². The summed E-state index contributed by atoms with van der Waals surface area (Å²) in [4.78, 5) is 4.23. The van der Waals surface area contributed by atoms with Crippen LogP contribution < -0.4 is 10.0 Å². The van der Waals surface area contributed by atoms with Crippen molar-refractivity contribution in [1.29, 1.82) is 0 Å². The van der Waals surface area contributed by atoms with Crippen LogP contribution in [0, 0.1) is 0 Å². The summed E-state index contributed by atoms with van der Waals surface area (Å²) in [5.41, 5.74) is 1.65. The van der Waals surface area contributed by atoms with Crippen LogP contribution in [0.1, 0.15) is 5.56 Å². The first-order valence-electron chi connectivity index (χ1n) is 7.55. The number of hydrogen-bond donors (Lipinski definition) is 2. The second-order valence-corrected chi connectivity index (χ2v) is 8.88. The van der Waals surface area contributed by atoms with Gasteiger partial charge in [0, 0.05) is 6.54 Å². The van der Waals surface area contributed by atoms with Crippen LogP contribution >= 0.6 is 22.9 Å². The molecule has 0 aliphatic carbocycles. The zero-order valence-corrected chi connectivity index (χ0v) is 15.5. The molecular weight excluding hydrogens is 378 g/mol. The van der Waals surface area contributed by atoms with E-state index < -0.39 is 10.0 Å². The van der Waals surface area contributed by atoms with Crippen LogP contribution in [0.3, 0.4) is 0 Å². The number of hydrogen-bond acceptors (Lipinski definition) is 5. The van der Waals surface area contributed by atoms with Crippen molar-refractivity contribution in [2.24, 2.45) is 0 Å². The molecule has 0 saturated carbocycles. The Labute approximate surface area is 155 Å². The number of benzene rings is 1. The van der Waals surface area contributed by atoms with Crippen LogP contribution in [0.15, 0.2) is 65.0 Å². The molecule has 8 heteroatoms. The molecule has 130 valence electrons. The molecule has 0 atom stereocenters. The van der Waals surface area contributed by atoms with Crippen molar-refractivity contribution in [3.8, 4) is 0 Å². The van der Waals surface area contributed by atoms with Crippen molar-refractivity contribution < 1.29 is 8.42 Å². The molecule has 0 radical (unpaired) electrons. The molecule has 0 fully saturated rings. The molecule has 25 heavy (non-hydrogen) atoms. The van der Waals surface area contributed by atoms with E-state index in [-0.39, 0.29) is 4.21 Å². The maximum absolute atomic E-state index is 12.2. The Morgan fingerprint density at radius 2 is 1.84 bits per heavy atom. The van der Waals surface area contributed by atoms with Gasteiger partial charge in [-0.15, -0.1) is 11.3 Å². The summed E-state index contributed by atoms with van der Waals surface area (Å²) < 4.78 is 27.5. The average molecular weight is 394 g/mol. The number of sulfonamides is 1. The van der Waals surface area contributed by atoms with Gasteiger partial charge in [0.05, 0.1) is 16.2 Å². The van der Waals surface area contributed by atoms with Crippen LogP contribution in [0.25, 0.3) is 0 Å². The molecule has 0 bridgehead atoms. The van der Waals surface area contributed by atoms with Gasteiger partial charge >= 0.3 is 0 Å². The van der Waals surface area contributed by atoms with Gasteiger partial charge in [0.1, 0.15) is 10.0 Å². The standard InChI is InChI=1S/C17H16ClN3O2S2/c18-15-7-9-17(24-15)25(22,23)21-14-6-8-16(20-12-14)19-11-10-13-4-2-1-3-5-13/h1-9,12,21H,10-11H2,(H,19,20). The lowest BCUT2D eigenvalue weighted by molar-refractivity contribution is 0.603. The molecular formula is C17H16ClN3O2S2. The third-order valence-electron chi connectivity index (χ3n) is 3.39. The normalized spacial score (nSPS) is 11.2. The van der Waals surface area contributed by atoms with Crippen LogP contribution in [-0.2, 0) is 16.4 Å². The lowest BCUT2D eigenvalue weighted by Crippen LogP contribution is -2.12. The van der Waals surface area contributed by atoms with Gasteiger partial charge in [-0.2, -0.15) is 0 Å². The number of pyridine rings is 1. The van der Waals surface area contributed by atoms with Crippen molar-refractivity contribution in [2.45, 2.75) is 10.6 Å².